The molecule has 0 saturated heterocycles. The van der Waals surface area contributed by atoms with Gasteiger partial charge in [-0.2, -0.15) is 0 Å². The van der Waals surface area contributed by atoms with Crippen LogP contribution in [-0.4, -0.2) is 15.9 Å². The SMILES string of the molecule is CCCCCc1ccc(-c2cnc(OC(=O)c3ccc(CC)cc3F)cn2)cc1. The second-order valence-corrected chi connectivity index (χ2v) is 6.95. The Morgan fingerprint density at radius 2 is 1.72 bits per heavy atom. The molecular weight excluding hydrogens is 367 g/mol. The van der Waals surface area contributed by atoms with Crippen LogP contribution in [0, 0.1) is 5.82 Å². The van der Waals surface area contributed by atoms with E-state index in [4.69, 9.17) is 4.74 Å². The van der Waals surface area contributed by atoms with Crippen LogP contribution in [0.3, 0.4) is 0 Å². The minimum atomic E-state index is -0.788. The third kappa shape index (κ3) is 5.47. The highest BCUT2D eigenvalue weighted by molar-refractivity contribution is 5.91. The second-order valence-electron chi connectivity index (χ2n) is 6.95. The molecule has 3 aromatic rings. The van der Waals surface area contributed by atoms with E-state index in [1.807, 2.05) is 19.1 Å². The molecule has 1 heterocycles. The lowest BCUT2D eigenvalue weighted by atomic mass is 10.0. The predicted molar refractivity (Wildman–Crippen MR) is 111 cm³/mol. The Morgan fingerprint density at radius 3 is 2.34 bits per heavy atom. The summed E-state index contributed by atoms with van der Waals surface area (Å²) in [6, 6.07) is 12.7. The van der Waals surface area contributed by atoms with Crippen molar-refractivity contribution in [1.82, 2.24) is 9.97 Å². The number of halogens is 1. The molecule has 3 rings (SSSR count). The highest BCUT2D eigenvalue weighted by Crippen LogP contribution is 2.20. The van der Waals surface area contributed by atoms with Gasteiger partial charge in [0.25, 0.3) is 0 Å². The molecule has 0 aliphatic carbocycles. The summed E-state index contributed by atoms with van der Waals surface area (Å²) in [4.78, 5) is 20.7. The Kier molecular flexibility index (Phi) is 7.06. The van der Waals surface area contributed by atoms with Crippen molar-refractivity contribution >= 4 is 5.97 Å². The fraction of sp³-hybridized carbons (Fsp3) is 0.292. The summed E-state index contributed by atoms with van der Waals surface area (Å²) in [6.45, 7) is 4.12. The maximum atomic E-state index is 14.1. The smallest absolute Gasteiger partial charge is 0.347 e. The van der Waals surface area contributed by atoms with Crippen LogP contribution < -0.4 is 4.74 Å². The van der Waals surface area contributed by atoms with Gasteiger partial charge in [-0.15, -0.1) is 0 Å². The summed E-state index contributed by atoms with van der Waals surface area (Å²) in [5.74, 6) is -1.35. The minimum Gasteiger partial charge on any atom is -0.402 e. The Morgan fingerprint density at radius 1 is 0.966 bits per heavy atom. The van der Waals surface area contributed by atoms with Crippen LogP contribution in [0.5, 0.6) is 5.88 Å². The van der Waals surface area contributed by atoms with Crippen LogP contribution in [0.25, 0.3) is 11.3 Å². The molecule has 0 saturated carbocycles. The number of hydrogen-bond donors (Lipinski definition) is 0. The second kappa shape index (κ2) is 9.92. The number of benzene rings is 2. The molecule has 0 N–H and O–H groups in total. The number of carbonyl (C=O) groups excluding carboxylic acids is 1. The summed E-state index contributed by atoms with van der Waals surface area (Å²) in [6.07, 6.45) is 8.33. The molecule has 0 spiro atoms. The molecule has 2 aromatic carbocycles. The van der Waals surface area contributed by atoms with E-state index in [-0.39, 0.29) is 11.4 Å². The number of unbranched alkanes of at least 4 members (excludes halogenated alkanes) is 2. The van der Waals surface area contributed by atoms with E-state index in [2.05, 4.69) is 29.0 Å². The van der Waals surface area contributed by atoms with Crippen LogP contribution in [-0.2, 0) is 12.8 Å². The van der Waals surface area contributed by atoms with Crippen LogP contribution in [0.1, 0.15) is 54.6 Å². The highest BCUT2D eigenvalue weighted by Gasteiger charge is 2.15. The maximum absolute atomic E-state index is 14.1. The molecule has 0 bridgehead atoms. The molecule has 29 heavy (non-hydrogen) atoms. The summed E-state index contributed by atoms with van der Waals surface area (Å²) >= 11 is 0. The zero-order valence-electron chi connectivity index (χ0n) is 16.8. The van der Waals surface area contributed by atoms with E-state index in [0.717, 1.165) is 17.5 Å². The number of aromatic nitrogens is 2. The van der Waals surface area contributed by atoms with Crippen LogP contribution >= 0.6 is 0 Å². The van der Waals surface area contributed by atoms with Crippen molar-refractivity contribution in [2.75, 3.05) is 0 Å². The van der Waals surface area contributed by atoms with Crippen molar-refractivity contribution in [2.24, 2.45) is 0 Å². The summed E-state index contributed by atoms with van der Waals surface area (Å²) in [5.41, 5.74) is 3.63. The number of esters is 1. The standard InChI is InChI=1S/C24H25FN2O2/c1-3-5-6-7-18-8-11-19(12-9-18)22-15-27-23(16-26-22)29-24(28)20-13-10-17(4-2)14-21(20)25/h8-16H,3-7H2,1-2H3. The Bertz CT molecular complexity index is 954. The Balaban J connectivity index is 1.65. The average Bonchev–Trinajstić information content (AvgIpc) is 2.75. The number of aryl methyl sites for hydroxylation is 2. The number of hydrogen-bond acceptors (Lipinski definition) is 4. The van der Waals surface area contributed by atoms with Crippen LogP contribution in [0.4, 0.5) is 4.39 Å². The first-order valence-corrected chi connectivity index (χ1v) is 10.0. The fourth-order valence-electron chi connectivity index (χ4n) is 3.03. The van der Waals surface area contributed by atoms with Crippen molar-refractivity contribution in [3.8, 4) is 17.1 Å². The van der Waals surface area contributed by atoms with Crippen molar-refractivity contribution in [1.29, 1.82) is 0 Å². The summed E-state index contributed by atoms with van der Waals surface area (Å²) in [5, 5.41) is 0. The summed E-state index contributed by atoms with van der Waals surface area (Å²) in [7, 11) is 0. The van der Waals surface area contributed by atoms with Crippen molar-refractivity contribution < 1.29 is 13.9 Å². The van der Waals surface area contributed by atoms with Gasteiger partial charge in [-0.25, -0.2) is 19.2 Å². The largest absolute Gasteiger partial charge is 0.402 e. The van der Waals surface area contributed by atoms with E-state index < -0.39 is 11.8 Å². The third-order valence-electron chi connectivity index (χ3n) is 4.81. The first-order valence-electron chi connectivity index (χ1n) is 10.0. The van der Waals surface area contributed by atoms with Crippen LogP contribution in [0.15, 0.2) is 54.9 Å². The van der Waals surface area contributed by atoms with Gasteiger partial charge in [0.1, 0.15) is 5.82 Å². The zero-order chi connectivity index (χ0) is 20.6. The molecule has 0 amide bonds. The fourth-order valence-corrected chi connectivity index (χ4v) is 3.03. The molecule has 4 nitrogen and oxygen atoms in total. The normalized spacial score (nSPS) is 10.7. The molecule has 0 fully saturated rings. The van der Waals surface area contributed by atoms with Gasteiger partial charge in [0.2, 0.25) is 5.88 Å². The topological polar surface area (TPSA) is 52.1 Å². The molecule has 0 atom stereocenters. The minimum absolute atomic E-state index is 0.0360. The number of nitrogens with zero attached hydrogens (tertiary/aromatic N) is 2. The Labute approximate surface area is 170 Å². The molecule has 5 heteroatoms. The molecule has 1 aromatic heterocycles. The van der Waals surface area contributed by atoms with Gasteiger partial charge in [0.05, 0.1) is 23.7 Å². The third-order valence-corrected chi connectivity index (χ3v) is 4.81. The quantitative estimate of drug-likeness (QED) is 0.359. The van der Waals surface area contributed by atoms with Crippen molar-refractivity contribution in [3.05, 3.63) is 77.4 Å². The molecular formula is C24H25FN2O2. The zero-order valence-corrected chi connectivity index (χ0v) is 16.8. The van der Waals surface area contributed by atoms with Crippen LogP contribution in [0.2, 0.25) is 0 Å². The Hall–Kier alpha value is -3.08. The van der Waals surface area contributed by atoms with E-state index in [9.17, 15) is 9.18 Å². The number of ether oxygens (including phenoxy) is 1. The van der Waals surface area contributed by atoms with E-state index in [0.29, 0.717) is 12.1 Å². The lowest BCUT2D eigenvalue weighted by molar-refractivity contribution is 0.0722. The number of carbonyl (C=O) groups is 1. The molecule has 150 valence electrons. The van der Waals surface area contributed by atoms with Gasteiger partial charge < -0.3 is 4.74 Å². The van der Waals surface area contributed by atoms with Gasteiger partial charge in [-0.3, -0.25) is 0 Å². The molecule has 0 aliphatic heterocycles. The lowest BCUT2D eigenvalue weighted by Crippen LogP contribution is -2.12. The maximum Gasteiger partial charge on any atom is 0.347 e. The van der Waals surface area contributed by atoms with E-state index in [1.165, 1.54) is 43.2 Å². The molecule has 0 radical (unpaired) electrons. The molecule has 0 unspecified atom stereocenters. The van der Waals surface area contributed by atoms with Crippen molar-refractivity contribution in [3.63, 3.8) is 0 Å². The molecule has 0 aliphatic rings. The monoisotopic (exact) mass is 392 g/mol. The van der Waals surface area contributed by atoms with Gasteiger partial charge in [0.15, 0.2) is 0 Å². The first-order chi connectivity index (χ1) is 14.1. The first kappa shape index (κ1) is 20.6. The van der Waals surface area contributed by atoms with Gasteiger partial charge in [-0.1, -0.05) is 57.0 Å². The van der Waals surface area contributed by atoms with E-state index >= 15 is 0 Å². The van der Waals surface area contributed by atoms with Gasteiger partial charge in [-0.05, 0) is 42.5 Å². The van der Waals surface area contributed by atoms with Crippen molar-refractivity contribution in [2.45, 2.75) is 46.0 Å². The number of rotatable bonds is 8. The predicted octanol–water partition coefficient (Wildman–Crippen LogP) is 5.80. The van der Waals surface area contributed by atoms with E-state index in [1.54, 1.807) is 12.3 Å². The average molecular weight is 392 g/mol. The van der Waals surface area contributed by atoms with Gasteiger partial charge >= 0.3 is 5.97 Å². The highest BCUT2D eigenvalue weighted by atomic mass is 19.1. The van der Waals surface area contributed by atoms with Gasteiger partial charge in [0, 0.05) is 5.56 Å². The lowest BCUT2D eigenvalue weighted by Gasteiger charge is -2.07. The summed E-state index contributed by atoms with van der Waals surface area (Å²) < 4.78 is 19.2.